The topological polar surface area (TPSA) is 12.0 Å². The molecule has 1 fully saturated rings. The molecule has 106 valence electrons. The van der Waals surface area contributed by atoms with E-state index in [9.17, 15) is 0 Å². The van der Waals surface area contributed by atoms with E-state index in [1.807, 2.05) is 6.07 Å². The van der Waals surface area contributed by atoms with Crippen LogP contribution in [0.4, 0.5) is 0 Å². The van der Waals surface area contributed by atoms with Gasteiger partial charge in [-0.1, -0.05) is 61.2 Å². The monoisotopic (exact) mass is 287 g/mol. The number of rotatable bonds is 3. The first-order chi connectivity index (χ1) is 9.81. The Morgan fingerprint density at radius 1 is 1.00 bits per heavy atom. The van der Waals surface area contributed by atoms with Gasteiger partial charge in [0.05, 0.1) is 0 Å². The summed E-state index contributed by atoms with van der Waals surface area (Å²) in [7, 11) is 2.09. The third-order valence-corrected chi connectivity index (χ3v) is 5.00. The summed E-state index contributed by atoms with van der Waals surface area (Å²) in [5.41, 5.74) is 1.40. The molecule has 0 saturated heterocycles. The Balaban J connectivity index is 2.05. The number of hydrogen-bond donors (Lipinski definition) is 1. The predicted octanol–water partition coefficient (Wildman–Crippen LogP) is 5.33. The molecule has 2 aromatic carbocycles. The van der Waals surface area contributed by atoms with E-state index in [4.69, 9.17) is 11.6 Å². The van der Waals surface area contributed by atoms with Crippen LogP contribution in [0.5, 0.6) is 0 Å². The minimum atomic E-state index is 0.442. The normalized spacial score (nSPS) is 18.3. The first kappa shape index (κ1) is 13.9. The average Bonchev–Trinajstić information content (AvgIpc) is 2.52. The van der Waals surface area contributed by atoms with Gasteiger partial charge in [-0.15, -0.1) is 0 Å². The second-order valence-electron chi connectivity index (χ2n) is 5.85. The Morgan fingerprint density at radius 3 is 2.40 bits per heavy atom. The summed E-state index contributed by atoms with van der Waals surface area (Å²) < 4.78 is 0. The van der Waals surface area contributed by atoms with E-state index >= 15 is 0 Å². The second kappa shape index (κ2) is 6.15. The summed E-state index contributed by atoms with van der Waals surface area (Å²) in [6.45, 7) is 0. The molecule has 1 N–H and O–H groups in total. The molecule has 1 aliphatic rings. The molecule has 1 atom stereocenters. The second-order valence-corrected chi connectivity index (χ2v) is 6.25. The van der Waals surface area contributed by atoms with Gasteiger partial charge in [0.15, 0.2) is 0 Å². The molecule has 0 aliphatic heterocycles. The maximum absolute atomic E-state index is 6.34. The highest BCUT2D eigenvalue weighted by Crippen LogP contribution is 2.38. The largest absolute Gasteiger partial charge is 0.313 e. The van der Waals surface area contributed by atoms with Crippen molar-refractivity contribution in [2.75, 3.05) is 7.05 Å². The number of hydrogen-bond acceptors (Lipinski definition) is 1. The summed E-state index contributed by atoms with van der Waals surface area (Å²) in [6.07, 6.45) is 6.81. The van der Waals surface area contributed by atoms with Crippen LogP contribution in [0.15, 0.2) is 36.4 Å². The van der Waals surface area contributed by atoms with Crippen molar-refractivity contribution in [2.45, 2.75) is 38.1 Å². The summed E-state index contributed by atoms with van der Waals surface area (Å²) in [4.78, 5) is 0. The molecule has 2 heteroatoms. The fraction of sp³-hybridized carbons (Fsp3) is 0.444. The highest BCUT2D eigenvalue weighted by molar-refractivity contribution is 6.35. The standard InChI is InChI=1S/C18H22ClN/c1-20-18(13-7-3-2-4-8-13)16-11-12-17(19)15-10-6-5-9-14(15)16/h5-6,9-13,18,20H,2-4,7-8H2,1H3. The lowest BCUT2D eigenvalue weighted by atomic mass is 9.80. The third kappa shape index (κ3) is 2.57. The van der Waals surface area contributed by atoms with Crippen molar-refractivity contribution in [3.8, 4) is 0 Å². The predicted molar refractivity (Wildman–Crippen MR) is 87.3 cm³/mol. The van der Waals surface area contributed by atoms with E-state index in [0.717, 1.165) is 10.9 Å². The van der Waals surface area contributed by atoms with Gasteiger partial charge in [-0.3, -0.25) is 0 Å². The fourth-order valence-corrected chi connectivity index (χ4v) is 3.90. The molecule has 1 saturated carbocycles. The molecular weight excluding hydrogens is 266 g/mol. The van der Waals surface area contributed by atoms with Crippen LogP contribution in [0, 0.1) is 5.92 Å². The third-order valence-electron chi connectivity index (χ3n) is 4.67. The smallest absolute Gasteiger partial charge is 0.0484 e. The van der Waals surface area contributed by atoms with Crippen LogP contribution in [-0.2, 0) is 0 Å². The Kier molecular flexibility index (Phi) is 4.28. The molecule has 0 spiro atoms. The first-order valence-electron chi connectivity index (χ1n) is 7.65. The summed E-state index contributed by atoms with van der Waals surface area (Å²) in [5.74, 6) is 0.748. The van der Waals surface area contributed by atoms with Gasteiger partial charge in [-0.2, -0.15) is 0 Å². The van der Waals surface area contributed by atoms with Crippen molar-refractivity contribution in [3.63, 3.8) is 0 Å². The zero-order valence-electron chi connectivity index (χ0n) is 12.0. The van der Waals surface area contributed by atoms with E-state index in [0.29, 0.717) is 6.04 Å². The number of nitrogens with one attached hydrogen (secondary N) is 1. The molecule has 1 aliphatic carbocycles. The molecule has 0 aromatic heterocycles. The fourth-order valence-electron chi connectivity index (χ4n) is 3.67. The zero-order valence-corrected chi connectivity index (χ0v) is 12.8. The van der Waals surface area contributed by atoms with E-state index in [1.165, 1.54) is 48.4 Å². The van der Waals surface area contributed by atoms with Crippen molar-refractivity contribution in [1.82, 2.24) is 5.32 Å². The SMILES string of the molecule is CNC(c1ccc(Cl)c2ccccc12)C1CCCCC1. The Morgan fingerprint density at radius 2 is 1.70 bits per heavy atom. The van der Waals surface area contributed by atoms with Crippen molar-refractivity contribution in [3.05, 3.63) is 47.0 Å². The Labute approximate surface area is 126 Å². The van der Waals surface area contributed by atoms with Crippen LogP contribution >= 0.6 is 11.6 Å². The first-order valence-corrected chi connectivity index (χ1v) is 8.03. The van der Waals surface area contributed by atoms with Crippen molar-refractivity contribution in [2.24, 2.45) is 5.92 Å². The van der Waals surface area contributed by atoms with Crippen molar-refractivity contribution >= 4 is 22.4 Å². The molecule has 3 rings (SSSR count). The minimum Gasteiger partial charge on any atom is -0.313 e. The van der Waals surface area contributed by atoms with Crippen molar-refractivity contribution < 1.29 is 0 Å². The maximum Gasteiger partial charge on any atom is 0.0484 e. The molecule has 0 amide bonds. The molecule has 20 heavy (non-hydrogen) atoms. The quantitative estimate of drug-likeness (QED) is 0.804. The number of fused-ring (bicyclic) bond motifs is 1. The highest BCUT2D eigenvalue weighted by atomic mass is 35.5. The lowest BCUT2D eigenvalue weighted by Crippen LogP contribution is -2.27. The van der Waals surface area contributed by atoms with E-state index in [2.05, 4.69) is 42.7 Å². The van der Waals surface area contributed by atoms with Gasteiger partial charge in [0.2, 0.25) is 0 Å². The molecular formula is C18H22ClN. The zero-order chi connectivity index (χ0) is 13.9. The number of halogens is 1. The number of benzene rings is 2. The lowest BCUT2D eigenvalue weighted by molar-refractivity contribution is 0.283. The van der Waals surface area contributed by atoms with Crippen molar-refractivity contribution in [1.29, 1.82) is 0 Å². The van der Waals surface area contributed by atoms with Gasteiger partial charge in [-0.25, -0.2) is 0 Å². The highest BCUT2D eigenvalue weighted by Gasteiger charge is 2.25. The van der Waals surface area contributed by atoms with E-state index < -0.39 is 0 Å². The Hall–Kier alpha value is -1.05. The van der Waals surface area contributed by atoms with Crippen LogP contribution in [-0.4, -0.2) is 7.05 Å². The van der Waals surface area contributed by atoms with Crippen LogP contribution in [0.1, 0.15) is 43.7 Å². The van der Waals surface area contributed by atoms with E-state index in [-0.39, 0.29) is 0 Å². The van der Waals surface area contributed by atoms with Gasteiger partial charge in [0.25, 0.3) is 0 Å². The Bertz CT molecular complexity index is 587. The minimum absolute atomic E-state index is 0.442. The van der Waals surface area contributed by atoms with Crippen LogP contribution < -0.4 is 5.32 Å². The molecule has 2 aromatic rings. The average molecular weight is 288 g/mol. The molecule has 1 unspecified atom stereocenters. The van der Waals surface area contributed by atoms with Gasteiger partial charge in [-0.05, 0) is 42.8 Å². The van der Waals surface area contributed by atoms with E-state index in [1.54, 1.807) is 0 Å². The van der Waals surface area contributed by atoms with Crippen LogP contribution in [0.25, 0.3) is 10.8 Å². The molecule has 1 nitrogen and oxygen atoms in total. The summed E-state index contributed by atoms with van der Waals surface area (Å²) in [6, 6.07) is 13.2. The molecule has 0 bridgehead atoms. The van der Waals surface area contributed by atoms with Crippen LogP contribution in [0.2, 0.25) is 5.02 Å². The van der Waals surface area contributed by atoms with Crippen LogP contribution in [0.3, 0.4) is 0 Å². The summed E-state index contributed by atoms with van der Waals surface area (Å²) >= 11 is 6.34. The lowest BCUT2D eigenvalue weighted by Gasteiger charge is -2.31. The molecule has 0 radical (unpaired) electrons. The molecule has 0 heterocycles. The van der Waals surface area contributed by atoms with Gasteiger partial charge in [0, 0.05) is 16.5 Å². The van der Waals surface area contributed by atoms with Gasteiger partial charge in [0.1, 0.15) is 0 Å². The summed E-state index contributed by atoms with van der Waals surface area (Å²) in [5, 5.41) is 6.87. The maximum atomic E-state index is 6.34. The van der Waals surface area contributed by atoms with Gasteiger partial charge >= 0.3 is 0 Å². The van der Waals surface area contributed by atoms with Gasteiger partial charge < -0.3 is 5.32 Å².